The highest BCUT2D eigenvalue weighted by Crippen LogP contribution is 2.40. The minimum atomic E-state index is -0.666. The van der Waals surface area contributed by atoms with Crippen LogP contribution in [0.2, 0.25) is 0 Å². The van der Waals surface area contributed by atoms with Crippen LogP contribution in [-0.2, 0) is 20.9 Å². The molecule has 0 radical (unpaired) electrons. The highest BCUT2D eigenvalue weighted by Gasteiger charge is 2.50. The lowest BCUT2D eigenvalue weighted by Gasteiger charge is -2.31. The van der Waals surface area contributed by atoms with Gasteiger partial charge in [-0.25, -0.2) is 9.59 Å². The first kappa shape index (κ1) is 18.6. The molecule has 132 valence electrons. The van der Waals surface area contributed by atoms with Gasteiger partial charge in [0.25, 0.3) is 0 Å². The Morgan fingerprint density at radius 3 is 2.46 bits per heavy atom. The summed E-state index contributed by atoms with van der Waals surface area (Å²) in [5.74, 6) is 0.00669. The van der Waals surface area contributed by atoms with Gasteiger partial charge in [-0.05, 0) is 40.2 Å². The van der Waals surface area contributed by atoms with Crippen LogP contribution in [0.4, 0.5) is 4.79 Å². The number of ether oxygens (including phenoxy) is 2. The number of benzene rings is 1. The molecule has 0 N–H and O–H groups in total. The molecular weight excluding hydrogens is 326 g/mol. The Labute approximate surface area is 147 Å². The third-order valence-corrected chi connectivity index (χ3v) is 5.00. The Kier molecular flexibility index (Phi) is 5.48. The van der Waals surface area contributed by atoms with Gasteiger partial charge in [-0.15, -0.1) is 11.8 Å². The van der Waals surface area contributed by atoms with E-state index >= 15 is 0 Å². The van der Waals surface area contributed by atoms with Crippen molar-refractivity contribution in [2.45, 2.75) is 57.6 Å². The summed E-state index contributed by atoms with van der Waals surface area (Å²) in [7, 11) is 0. The van der Waals surface area contributed by atoms with Crippen molar-refractivity contribution < 1.29 is 19.1 Å². The number of rotatable bonds is 3. The number of amides is 1. The van der Waals surface area contributed by atoms with Gasteiger partial charge in [0.2, 0.25) is 0 Å². The van der Waals surface area contributed by atoms with Gasteiger partial charge in [0, 0.05) is 4.75 Å². The minimum absolute atomic E-state index is 0.194. The Morgan fingerprint density at radius 2 is 1.88 bits per heavy atom. The van der Waals surface area contributed by atoms with E-state index < -0.39 is 28.5 Å². The molecule has 1 heterocycles. The quantitative estimate of drug-likeness (QED) is 0.775. The smallest absolute Gasteiger partial charge is 0.411 e. The van der Waals surface area contributed by atoms with Crippen molar-refractivity contribution in [3.63, 3.8) is 0 Å². The Morgan fingerprint density at radius 1 is 1.25 bits per heavy atom. The van der Waals surface area contributed by atoms with Crippen molar-refractivity contribution in [3.05, 3.63) is 35.9 Å². The SMILES string of the molecule is CC(C)(C)OC(=O)N1CSC(C)(C)C1C(=O)OCc1ccccc1. The number of carbonyl (C=O) groups excluding carboxylic acids is 2. The van der Waals surface area contributed by atoms with Gasteiger partial charge in [0.1, 0.15) is 18.2 Å². The molecule has 1 atom stereocenters. The predicted molar refractivity (Wildman–Crippen MR) is 94.6 cm³/mol. The zero-order valence-corrected chi connectivity index (χ0v) is 15.7. The number of esters is 1. The summed E-state index contributed by atoms with van der Waals surface area (Å²) in [6.07, 6.45) is -0.484. The molecule has 1 aromatic rings. The second-order valence-corrected chi connectivity index (χ2v) is 8.92. The number of hydrogen-bond donors (Lipinski definition) is 0. The Hall–Kier alpha value is -1.69. The molecular formula is C18H25NO4S. The number of thioether (sulfide) groups is 1. The van der Waals surface area contributed by atoms with Crippen LogP contribution >= 0.6 is 11.8 Å². The summed E-state index contributed by atoms with van der Waals surface area (Å²) < 4.78 is 10.5. The summed E-state index contributed by atoms with van der Waals surface area (Å²) in [6, 6.07) is 8.82. The topological polar surface area (TPSA) is 55.8 Å². The van der Waals surface area contributed by atoms with Crippen LogP contribution in [-0.4, -0.2) is 39.2 Å². The molecule has 1 fully saturated rings. The molecule has 0 bridgehead atoms. The highest BCUT2D eigenvalue weighted by atomic mass is 32.2. The first-order valence-electron chi connectivity index (χ1n) is 7.94. The molecule has 5 nitrogen and oxygen atoms in total. The molecule has 1 unspecified atom stereocenters. The van der Waals surface area contributed by atoms with E-state index in [-0.39, 0.29) is 6.61 Å². The van der Waals surface area contributed by atoms with Crippen molar-refractivity contribution in [2.75, 3.05) is 5.88 Å². The van der Waals surface area contributed by atoms with Crippen LogP contribution in [0.3, 0.4) is 0 Å². The normalized spacial score (nSPS) is 19.9. The predicted octanol–water partition coefficient (Wildman–Crippen LogP) is 3.82. The van der Waals surface area contributed by atoms with Crippen LogP contribution in [0.25, 0.3) is 0 Å². The summed E-state index contributed by atoms with van der Waals surface area (Å²) in [6.45, 7) is 9.50. The highest BCUT2D eigenvalue weighted by molar-refractivity contribution is 8.00. The van der Waals surface area contributed by atoms with E-state index in [2.05, 4.69) is 0 Å². The van der Waals surface area contributed by atoms with Crippen molar-refractivity contribution in [3.8, 4) is 0 Å². The fraction of sp³-hybridized carbons (Fsp3) is 0.556. The first-order chi connectivity index (χ1) is 11.1. The number of carbonyl (C=O) groups is 2. The maximum absolute atomic E-state index is 12.6. The molecule has 0 aliphatic carbocycles. The zero-order valence-electron chi connectivity index (χ0n) is 14.9. The molecule has 0 aromatic heterocycles. The average molecular weight is 351 g/mol. The summed E-state index contributed by atoms with van der Waals surface area (Å²) in [4.78, 5) is 26.5. The maximum atomic E-state index is 12.6. The lowest BCUT2D eigenvalue weighted by Crippen LogP contribution is -2.50. The van der Waals surface area contributed by atoms with E-state index in [1.165, 1.54) is 4.90 Å². The zero-order chi connectivity index (χ0) is 18.0. The van der Waals surface area contributed by atoms with Crippen LogP contribution in [0.1, 0.15) is 40.2 Å². The molecule has 1 aliphatic rings. The Balaban J connectivity index is 2.08. The van der Waals surface area contributed by atoms with Gasteiger partial charge in [-0.3, -0.25) is 4.90 Å². The molecule has 1 saturated heterocycles. The van der Waals surface area contributed by atoms with E-state index in [0.29, 0.717) is 5.88 Å². The molecule has 24 heavy (non-hydrogen) atoms. The van der Waals surface area contributed by atoms with Crippen LogP contribution in [0.15, 0.2) is 30.3 Å². The van der Waals surface area contributed by atoms with E-state index in [4.69, 9.17) is 9.47 Å². The lowest BCUT2D eigenvalue weighted by molar-refractivity contribution is -0.151. The van der Waals surface area contributed by atoms with Crippen LogP contribution < -0.4 is 0 Å². The standard InChI is InChI=1S/C18H25NO4S/c1-17(2,3)23-16(21)19-12-24-18(4,5)14(19)15(20)22-11-13-9-7-6-8-10-13/h6-10,14H,11-12H2,1-5H3. The third-order valence-electron chi connectivity index (χ3n) is 3.62. The second kappa shape index (κ2) is 7.05. The lowest BCUT2D eigenvalue weighted by atomic mass is 10.0. The maximum Gasteiger partial charge on any atom is 0.411 e. The van der Waals surface area contributed by atoms with Gasteiger partial charge in [0.15, 0.2) is 0 Å². The molecule has 1 aromatic carbocycles. The largest absolute Gasteiger partial charge is 0.459 e. The second-order valence-electron chi connectivity index (χ2n) is 7.32. The van der Waals surface area contributed by atoms with Crippen LogP contribution in [0, 0.1) is 0 Å². The first-order valence-corrected chi connectivity index (χ1v) is 8.93. The molecule has 0 saturated carbocycles. The molecule has 2 rings (SSSR count). The average Bonchev–Trinajstić information content (AvgIpc) is 2.80. The Bertz CT molecular complexity index is 595. The van der Waals surface area contributed by atoms with Crippen molar-refractivity contribution in [1.29, 1.82) is 0 Å². The van der Waals surface area contributed by atoms with Gasteiger partial charge < -0.3 is 9.47 Å². The fourth-order valence-electron chi connectivity index (χ4n) is 2.46. The van der Waals surface area contributed by atoms with Gasteiger partial charge in [-0.2, -0.15) is 0 Å². The van der Waals surface area contributed by atoms with E-state index in [0.717, 1.165) is 5.56 Å². The van der Waals surface area contributed by atoms with Gasteiger partial charge in [-0.1, -0.05) is 30.3 Å². The van der Waals surface area contributed by atoms with Crippen molar-refractivity contribution in [2.24, 2.45) is 0 Å². The number of nitrogens with zero attached hydrogens (tertiary/aromatic N) is 1. The number of hydrogen-bond acceptors (Lipinski definition) is 5. The molecule has 1 aliphatic heterocycles. The molecule has 6 heteroatoms. The third kappa shape index (κ3) is 4.66. The van der Waals surface area contributed by atoms with Crippen molar-refractivity contribution >= 4 is 23.8 Å². The summed E-state index contributed by atoms with van der Waals surface area (Å²) >= 11 is 1.54. The van der Waals surface area contributed by atoms with Crippen LogP contribution in [0.5, 0.6) is 0 Å². The van der Waals surface area contributed by atoms with E-state index in [9.17, 15) is 9.59 Å². The monoisotopic (exact) mass is 351 g/mol. The van der Waals surface area contributed by atoms with Crippen molar-refractivity contribution in [1.82, 2.24) is 4.90 Å². The summed E-state index contributed by atoms with van der Waals surface area (Å²) in [5, 5.41) is 0. The molecule has 0 spiro atoms. The van der Waals surface area contributed by atoms with E-state index in [1.807, 2.05) is 65.0 Å². The fourth-order valence-corrected chi connectivity index (χ4v) is 3.57. The summed E-state index contributed by atoms with van der Waals surface area (Å²) in [5.41, 5.74) is 0.311. The minimum Gasteiger partial charge on any atom is -0.459 e. The van der Waals surface area contributed by atoms with Gasteiger partial charge >= 0.3 is 12.1 Å². The molecule has 1 amide bonds. The van der Waals surface area contributed by atoms with Gasteiger partial charge in [0.05, 0.1) is 5.88 Å². The van der Waals surface area contributed by atoms with E-state index in [1.54, 1.807) is 11.8 Å².